The number of halogens is 1. The van der Waals surface area contributed by atoms with Gasteiger partial charge in [0.15, 0.2) is 5.75 Å². The van der Waals surface area contributed by atoms with Crippen LogP contribution in [0, 0.1) is 5.82 Å². The fourth-order valence-electron chi connectivity index (χ4n) is 2.22. The molecule has 1 atom stereocenters. The molecule has 7 nitrogen and oxygen atoms in total. The molecule has 8 heteroatoms. The fourth-order valence-corrected chi connectivity index (χ4v) is 2.22. The molecule has 1 amide bonds. The molecule has 0 spiro atoms. The summed E-state index contributed by atoms with van der Waals surface area (Å²) in [5.41, 5.74) is 5.89. The normalized spacial score (nSPS) is 12.0. The topological polar surface area (TPSA) is 90.6 Å². The SMILES string of the molecule is CN(C)C(CCOc1ncc(OC(N)=O)cn1)c1ccc(F)cc1. The Kier molecular flexibility index (Phi) is 6.02. The van der Waals surface area contributed by atoms with Crippen LogP contribution < -0.4 is 15.2 Å². The zero-order valence-corrected chi connectivity index (χ0v) is 13.5. The minimum atomic E-state index is -0.930. The third-order valence-corrected chi connectivity index (χ3v) is 3.32. The average Bonchev–Trinajstić information content (AvgIpc) is 2.53. The van der Waals surface area contributed by atoms with Gasteiger partial charge in [0.2, 0.25) is 0 Å². The van der Waals surface area contributed by atoms with E-state index in [1.54, 1.807) is 12.1 Å². The molecular formula is C16H19FN4O3. The molecule has 0 saturated carbocycles. The summed E-state index contributed by atoms with van der Waals surface area (Å²) in [6.45, 7) is 0.371. The highest BCUT2D eigenvalue weighted by molar-refractivity contribution is 5.67. The standard InChI is InChI=1S/C16H19FN4O3/c1-21(2)14(11-3-5-12(17)6-4-11)7-8-23-16-19-9-13(10-20-16)24-15(18)22/h3-6,9-10,14H,7-8H2,1-2H3,(H2,18,22). The second kappa shape index (κ2) is 8.21. The van der Waals surface area contributed by atoms with Gasteiger partial charge in [-0.3, -0.25) is 0 Å². The van der Waals surface area contributed by atoms with Crippen molar-refractivity contribution in [2.24, 2.45) is 5.73 Å². The molecule has 1 heterocycles. The summed E-state index contributed by atoms with van der Waals surface area (Å²) in [5.74, 6) is -0.119. The Morgan fingerprint density at radius 2 is 1.88 bits per heavy atom. The minimum Gasteiger partial charge on any atom is -0.463 e. The number of ether oxygens (including phenoxy) is 2. The predicted molar refractivity (Wildman–Crippen MR) is 85.2 cm³/mol. The highest BCUT2D eigenvalue weighted by Gasteiger charge is 2.14. The molecule has 0 saturated heterocycles. The minimum absolute atomic E-state index is 0.0723. The summed E-state index contributed by atoms with van der Waals surface area (Å²) in [6.07, 6.45) is 2.34. The summed E-state index contributed by atoms with van der Waals surface area (Å²) in [6, 6.07) is 6.63. The van der Waals surface area contributed by atoms with Crippen LogP contribution in [-0.4, -0.2) is 41.7 Å². The summed E-state index contributed by atoms with van der Waals surface area (Å²) >= 11 is 0. The first-order valence-electron chi connectivity index (χ1n) is 7.29. The molecule has 2 aromatic rings. The van der Waals surface area contributed by atoms with Crippen LogP contribution in [0.1, 0.15) is 18.0 Å². The van der Waals surface area contributed by atoms with E-state index >= 15 is 0 Å². The number of carbonyl (C=O) groups excluding carboxylic acids is 1. The molecule has 128 valence electrons. The van der Waals surface area contributed by atoms with Crippen molar-refractivity contribution in [1.82, 2.24) is 14.9 Å². The van der Waals surface area contributed by atoms with E-state index in [0.29, 0.717) is 13.0 Å². The van der Waals surface area contributed by atoms with Crippen LogP contribution in [-0.2, 0) is 0 Å². The van der Waals surface area contributed by atoms with Crippen molar-refractivity contribution in [2.75, 3.05) is 20.7 Å². The first-order valence-corrected chi connectivity index (χ1v) is 7.29. The Hall–Kier alpha value is -2.74. The molecule has 1 aromatic heterocycles. The maximum Gasteiger partial charge on any atom is 0.410 e. The molecule has 0 aliphatic carbocycles. The zero-order chi connectivity index (χ0) is 17.5. The molecule has 2 rings (SSSR count). The van der Waals surface area contributed by atoms with Gasteiger partial charge in [-0.2, -0.15) is 9.97 Å². The molecule has 0 bridgehead atoms. The molecule has 0 aliphatic heterocycles. The first kappa shape index (κ1) is 17.6. The lowest BCUT2D eigenvalue weighted by Crippen LogP contribution is -2.22. The van der Waals surface area contributed by atoms with Crippen molar-refractivity contribution >= 4 is 6.09 Å². The smallest absolute Gasteiger partial charge is 0.410 e. The van der Waals surface area contributed by atoms with Gasteiger partial charge in [0.25, 0.3) is 0 Å². The van der Waals surface area contributed by atoms with E-state index in [1.807, 2.05) is 19.0 Å². The highest BCUT2D eigenvalue weighted by Crippen LogP contribution is 2.22. The Morgan fingerprint density at radius 3 is 2.42 bits per heavy atom. The van der Waals surface area contributed by atoms with Crippen LogP contribution in [0.4, 0.5) is 9.18 Å². The van der Waals surface area contributed by atoms with E-state index in [1.165, 1.54) is 24.5 Å². The first-order chi connectivity index (χ1) is 11.5. The van der Waals surface area contributed by atoms with Crippen LogP contribution in [0.3, 0.4) is 0 Å². The van der Waals surface area contributed by atoms with Crippen LogP contribution in [0.25, 0.3) is 0 Å². The maximum atomic E-state index is 13.0. The van der Waals surface area contributed by atoms with Gasteiger partial charge >= 0.3 is 12.1 Å². The van der Waals surface area contributed by atoms with Crippen LogP contribution in [0.15, 0.2) is 36.7 Å². The second-order valence-electron chi connectivity index (χ2n) is 5.29. The third kappa shape index (κ3) is 5.17. The lowest BCUT2D eigenvalue weighted by molar-refractivity contribution is 0.207. The Labute approximate surface area is 139 Å². The third-order valence-electron chi connectivity index (χ3n) is 3.32. The quantitative estimate of drug-likeness (QED) is 0.834. The number of hydrogen-bond donors (Lipinski definition) is 1. The number of nitrogens with zero attached hydrogens (tertiary/aromatic N) is 3. The van der Waals surface area contributed by atoms with Gasteiger partial charge in [-0.05, 0) is 31.8 Å². The largest absolute Gasteiger partial charge is 0.463 e. The van der Waals surface area contributed by atoms with Crippen molar-refractivity contribution in [3.8, 4) is 11.8 Å². The monoisotopic (exact) mass is 334 g/mol. The lowest BCUT2D eigenvalue weighted by atomic mass is 10.0. The Morgan fingerprint density at radius 1 is 1.25 bits per heavy atom. The second-order valence-corrected chi connectivity index (χ2v) is 5.29. The van der Waals surface area contributed by atoms with Gasteiger partial charge in [0.1, 0.15) is 5.82 Å². The predicted octanol–water partition coefficient (Wildman–Crippen LogP) is 2.14. The average molecular weight is 334 g/mol. The molecule has 1 aromatic carbocycles. The van der Waals surface area contributed by atoms with E-state index in [0.717, 1.165) is 5.56 Å². The van der Waals surface area contributed by atoms with E-state index < -0.39 is 6.09 Å². The fraction of sp³-hybridized carbons (Fsp3) is 0.312. The van der Waals surface area contributed by atoms with Gasteiger partial charge < -0.3 is 20.1 Å². The number of benzene rings is 1. The van der Waals surface area contributed by atoms with Gasteiger partial charge in [-0.1, -0.05) is 12.1 Å². The van der Waals surface area contributed by atoms with E-state index in [-0.39, 0.29) is 23.6 Å². The van der Waals surface area contributed by atoms with Crippen molar-refractivity contribution in [2.45, 2.75) is 12.5 Å². The van der Waals surface area contributed by atoms with Gasteiger partial charge in [-0.25, -0.2) is 9.18 Å². The molecule has 24 heavy (non-hydrogen) atoms. The van der Waals surface area contributed by atoms with E-state index in [9.17, 15) is 9.18 Å². The van der Waals surface area contributed by atoms with Crippen molar-refractivity contribution in [1.29, 1.82) is 0 Å². The number of hydrogen-bond acceptors (Lipinski definition) is 6. The number of carbonyl (C=O) groups is 1. The molecule has 0 fully saturated rings. The van der Waals surface area contributed by atoms with Gasteiger partial charge in [-0.15, -0.1) is 0 Å². The van der Waals surface area contributed by atoms with Gasteiger partial charge in [0.05, 0.1) is 19.0 Å². The highest BCUT2D eigenvalue weighted by atomic mass is 19.1. The van der Waals surface area contributed by atoms with Crippen molar-refractivity contribution in [3.05, 3.63) is 48.0 Å². The molecule has 0 aliphatic rings. The van der Waals surface area contributed by atoms with Gasteiger partial charge in [0, 0.05) is 12.5 Å². The number of aromatic nitrogens is 2. The Balaban J connectivity index is 1.90. The summed E-state index contributed by atoms with van der Waals surface area (Å²) in [5, 5.41) is 0. The van der Waals surface area contributed by atoms with Crippen LogP contribution in [0.2, 0.25) is 0 Å². The van der Waals surface area contributed by atoms with Crippen LogP contribution in [0.5, 0.6) is 11.8 Å². The molecule has 0 radical (unpaired) electrons. The maximum absolute atomic E-state index is 13.0. The number of rotatable bonds is 7. The van der Waals surface area contributed by atoms with Crippen LogP contribution >= 0.6 is 0 Å². The summed E-state index contributed by atoms with van der Waals surface area (Å²) in [7, 11) is 3.89. The molecule has 1 unspecified atom stereocenters. The van der Waals surface area contributed by atoms with E-state index in [4.69, 9.17) is 10.5 Å². The number of primary amides is 1. The number of amides is 1. The summed E-state index contributed by atoms with van der Waals surface area (Å²) < 4.78 is 23.2. The van der Waals surface area contributed by atoms with Crippen molar-refractivity contribution < 1.29 is 18.7 Å². The molecular weight excluding hydrogens is 315 g/mol. The Bertz CT molecular complexity index is 662. The number of nitrogens with two attached hydrogens (primary N) is 1. The summed E-state index contributed by atoms with van der Waals surface area (Å²) in [4.78, 5) is 20.5. The van der Waals surface area contributed by atoms with E-state index in [2.05, 4.69) is 14.7 Å². The van der Waals surface area contributed by atoms with Crippen molar-refractivity contribution in [3.63, 3.8) is 0 Å². The zero-order valence-electron chi connectivity index (χ0n) is 13.5. The lowest BCUT2D eigenvalue weighted by Gasteiger charge is -2.24. The molecule has 2 N–H and O–H groups in total.